The van der Waals surface area contributed by atoms with Crippen molar-refractivity contribution in [3.63, 3.8) is 0 Å². The van der Waals surface area contributed by atoms with Gasteiger partial charge in [-0.2, -0.15) is 10.2 Å². The lowest BCUT2D eigenvalue weighted by atomic mass is 10.3. The fourth-order valence-electron chi connectivity index (χ4n) is 1.53. The molecule has 7 heteroatoms. The van der Waals surface area contributed by atoms with Crippen molar-refractivity contribution in [1.82, 2.24) is 20.2 Å². The maximum absolute atomic E-state index is 11.7. The van der Waals surface area contributed by atoms with Gasteiger partial charge in [0.05, 0.1) is 18.0 Å². The molecule has 0 amide bonds. The summed E-state index contributed by atoms with van der Waals surface area (Å²) in [6.07, 6.45) is 4.18. The van der Waals surface area contributed by atoms with Gasteiger partial charge in [-0.05, 0) is 44.5 Å². The van der Waals surface area contributed by atoms with Crippen LogP contribution in [0.25, 0.3) is 0 Å². The van der Waals surface area contributed by atoms with Gasteiger partial charge in [0.15, 0.2) is 0 Å². The standard InChI is InChI=1S/C12H22N4O2S/c1-2-7-13-8-3-4-10-19(17,18)15-11-12-6-5-9-14-16-12/h5-6,9,13,15H,2-4,7-8,10-11H2,1H3. The second-order valence-corrected chi connectivity index (χ2v) is 6.24. The predicted molar refractivity (Wildman–Crippen MR) is 75.1 cm³/mol. The highest BCUT2D eigenvalue weighted by atomic mass is 32.2. The molecular formula is C12H22N4O2S. The predicted octanol–water partition coefficient (Wildman–Crippen LogP) is 0.676. The third kappa shape index (κ3) is 7.86. The molecule has 0 fully saturated rings. The van der Waals surface area contributed by atoms with Crippen LogP contribution in [0.2, 0.25) is 0 Å². The van der Waals surface area contributed by atoms with E-state index >= 15 is 0 Å². The molecule has 0 unspecified atom stereocenters. The molecule has 0 aromatic carbocycles. The van der Waals surface area contributed by atoms with Gasteiger partial charge in [0.2, 0.25) is 10.0 Å². The first kappa shape index (κ1) is 16.0. The second-order valence-electron chi connectivity index (χ2n) is 4.31. The molecule has 108 valence electrons. The maximum Gasteiger partial charge on any atom is 0.211 e. The summed E-state index contributed by atoms with van der Waals surface area (Å²) in [6, 6.07) is 3.47. The molecule has 1 rings (SSSR count). The van der Waals surface area contributed by atoms with Gasteiger partial charge >= 0.3 is 0 Å². The zero-order chi connectivity index (χ0) is 14.0. The normalized spacial score (nSPS) is 11.6. The Balaban J connectivity index is 2.17. The van der Waals surface area contributed by atoms with Gasteiger partial charge in [-0.3, -0.25) is 0 Å². The van der Waals surface area contributed by atoms with Crippen LogP contribution in [0.3, 0.4) is 0 Å². The number of nitrogens with zero attached hydrogens (tertiary/aromatic N) is 2. The summed E-state index contributed by atoms with van der Waals surface area (Å²) in [5.74, 6) is 0.154. The Morgan fingerprint density at radius 3 is 2.79 bits per heavy atom. The first-order chi connectivity index (χ1) is 9.14. The van der Waals surface area contributed by atoms with Crippen LogP contribution in [-0.4, -0.2) is 37.5 Å². The minimum atomic E-state index is -3.22. The highest BCUT2D eigenvalue weighted by Gasteiger charge is 2.09. The van der Waals surface area contributed by atoms with Gasteiger partial charge in [-0.25, -0.2) is 13.1 Å². The highest BCUT2D eigenvalue weighted by Crippen LogP contribution is 1.97. The lowest BCUT2D eigenvalue weighted by Gasteiger charge is -2.06. The fraction of sp³-hybridized carbons (Fsp3) is 0.667. The fourth-order valence-corrected chi connectivity index (χ4v) is 2.62. The van der Waals surface area contributed by atoms with E-state index in [1.807, 2.05) is 0 Å². The minimum Gasteiger partial charge on any atom is -0.317 e. The molecule has 0 saturated carbocycles. The molecular weight excluding hydrogens is 264 g/mol. The molecule has 0 spiro atoms. The molecule has 0 atom stereocenters. The van der Waals surface area contributed by atoms with E-state index in [2.05, 4.69) is 27.2 Å². The first-order valence-electron chi connectivity index (χ1n) is 6.58. The smallest absolute Gasteiger partial charge is 0.211 e. The number of unbranched alkanes of at least 4 members (excludes halogenated alkanes) is 1. The van der Waals surface area contributed by atoms with Crippen molar-refractivity contribution in [2.45, 2.75) is 32.7 Å². The molecule has 0 radical (unpaired) electrons. The summed E-state index contributed by atoms with van der Waals surface area (Å²) in [5, 5.41) is 10.8. The van der Waals surface area contributed by atoms with Gasteiger partial charge in [0.1, 0.15) is 0 Å². The average Bonchev–Trinajstić information content (AvgIpc) is 2.42. The Morgan fingerprint density at radius 1 is 1.26 bits per heavy atom. The van der Waals surface area contributed by atoms with Crippen molar-refractivity contribution in [2.24, 2.45) is 0 Å². The van der Waals surface area contributed by atoms with E-state index in [1.54, 1.807) is 18.3 Å². The van der Waals surface area contributed by atoms with Gasteiger partial charge in [-0.15, -0.1) is 0 Å². The zero-order valence-electron chi connectivity index (χ0n) is 11.3. The van der Waals surface area contributed by atoms with Crippen molar-refractivity contribution in [3.05, 3.63) is 24.0 Å². The van der Waals surface area contributed by atoms with Crippen molar-refractivity contribution in [2.75, 3.05) is 18.8 Å². The molecule has 0 saturated heterocycles. The van der Waals surface area contributed by atoms with Crippen LogP contribution in [0.4, 0.5) is 0 Å². The Kier molecular flexibility index (Phi) is 7.54. The summed E-state index contributed by atoms with van der Waals surface area (Å²) in [6.45, 7) is 4.16. The summed E-state index contributed by atoms with van der Waals surface area (Å²) >= 11 is 0. The number of nitrogens with one attached hydrogen (secondary N) is 2. The monoisotopic (exact) mass is 286 g/mol. The number of aromatic nitrogens is 2. The summed E-state index contributed by atoms with van der Waals surface area (Å²) in [4.78, 5) is 0. The van der Waals surface area contributed by atoms with Gasteiger partial charge in [-0.1, -0.05) is 6.92 Å². The third-order valence-electron chi connectivity index (χ3n) is 2.54. The molecule has 0 aliphatic carbocycles. The average molecular weight is 286 g/mol. The molecule has 0 bridgehead atoms. The Labute approximate surface area is 115 Å². The highest BCUT2D eigenvalue weighted by molar-refractivity contribution is 7.89. The van der Waals surface area contributed by atoms with Crippen molar-refractivity contribution in [1.29, 1.82) is 0 Å². The lowest BCUT2D eigenvalue weighted by Crippen LogP contribution is -2.27. The van der Waals surface area contributed by atoms with E-state index < -0.39 is 10.0 Å². The van der Waals surface area contributed by atoms with E-state index in [9.17, 15) is 8.42 Å². The van der Waals surface area contributed by atoms with Crippen LogP contribution >= 0.6 is 0 Å². The maximum atomic E-state index is 11.7. The van der Waals surface area contributed by atoms with E-state index in [0.717, 1.165) is 25.9 Å². The van der Waals surface area contributed by atoms with Crippen LogP contribution in [-0.2, 0) is 16.6 Å². The Hall–Kier alpha value is -1.05. The van der Waals surface area contributed by atoms with Gasteiger partial charge < -0.3 is 5.32 Å². The summed E-state index contributed by atoms with van der Waals surface area (Å²) in [7, 11) is -3.22. The van der Waals surface area contributed by atoms with Crippen LogP contribution < -0.4 is 10.0 Å². The number of hydrogen-bond acceptors (Lipinski definition) is 5. The minimum absolute atomic E-state index is 0.154. The van der Waals surface area contributed by atoms with Crippen molar-refractivity contribution < 1.29 is 8.42 Å². The van der Waals surface area contributed by atoms with Crippen LogP contribution in [0.15, 0.2) is 18.3 Å². The molecule has 1 aromatic heterocycles. The van der Waals surface area contributed by atoms with E-state index in [0.29, 0.717) is 12.1 Å². The van der Waals surface area contributed by atoms with Crippen molar-refractivity contribution in [3.8, 4) is 0 Å². The van der Waals surface area contributed by atoms with Crippen LogP contribution in [0, 0.1) is 0 Å². The second kappa shape index (κ2) is 8.95. The number of hydrogen-bond donors (Lipinski definition) is 2. The quantitative estimate of drug-likeness (QED) is 0.618. The Bertz CT molecular complexity index is 436. The SMILES string of the molecule is CCCNCCCCS(=O)(=O)NCc1cccnn1. The molecule has 6 nitrogen and oxygen atoms in total. The largest absolute Gasteiger partial charge is 0.317 e. The summed E-state index contributed by atoms with van der Waals surface area (Å²) in [5.41, 5.74) is 0.621. The number of sulfonamides is 1. The third-order valence-corrected chi connectivity index (χ3v) is 3.95. The molecule has 1 aromatic rings. The molecule has 1 heterocycles. The van der Waals surface area contributed by atoms with E-state index in [1.165, 1.54) is 0 Å². The first-order valence-corrected chi connectivity index (χ1v) is 8.24. The van der Waals surface area contributed by atoms with Crippen LogP contribution in [0.5, 0.6) is 0 Å². The van der Waals surface area contributed by atoms with E-state index in [-0.39, 0.29) is 12.3 Å². The molecule has 2 N–H and O–H groups in total. The van der Waals surface area contributed by atoms with Gasteiger partial charge in [0.25, 0.3) is 0 Å². The molecule has 0 aliphatic heterocycles. The van der Waals surface area contributed by atoms with Crippen molar-refractivity contribution >= 4 is 10.0 Å². The summed E-state index contributed by atoms with van der Waals surface area (Å²) < 4.78 is 26.0. The topological polar surface area (TPSA) is 84.0 Å². The molecule has 19 heavy (non-hydrogen) atoms. The number of rotatable bonds is 10. The van der Waals surface area contributed by atoms with E-state index in [4.69, 9.17) is 0 Å². The zero-order valence-corrected chi connectivity index (χ0v) is 12.1. The van der Waals surface area contributed by atoms with Gasteiger partial charge in [0, 0.05) is 6.20 Å². The lowest BCUT2D eigenvalue weighted by molar-refractivity contribution is 0.571. The molecule has 0 aliphatic rings. The Morgan fingerprint density at radius 2 is 2.11 bits per heavy atom. The van der Waals surface area contributed by atoms with Crippen LogP contribution in [0.1, 0.15) is 31.9 Å².